The first-order chi connectivity index (χ1) is 9.45. The van der Waals surface area contributed by atoms with Gasteiger partial charge in [-0.05, 0) is 17.5 Å². The second-order valence-electron chi connectivity index (χ2n) is 4.74. The van der Waals surface area contributed by atoms with Crippen molar-refractivity contribution in [2.45, 2.75) is 19.8 Å². The van der Waals surface area contributed by atoms with E-state index in [-0.39, 0.29) is 19.0 Å². The third-order valence-corrected chi connectivity index (χ3v) is 2.79. The van der Waals surface area contributed by atoms with Crippen LogP contribution in [0.15, 0.2) is 36.9 Å². The summed E-state index contributed by atoms with van der Waals surface area (Å²) >= 11 is 0. The maximum Gasteiger partial charge on any atom is 0.323 e. The van der Waals surface area contributed by atoms with Crippen molar-refractivity contribution in [3.63, 3.8) is 0 Å². The Bertz CT molecular complexity index is 498. The Morgan fingerprint density at radius 3 is 2.60 bits per heavy atom. The number of carboxylic acids is 1. The van der Waals surface area contributed by atoms with Crippen LogP contribution >= 0.6 is 0 Å². The van der Waals surface area contributed by atoms with E-state index in [0.717, 1.165) is 5.56 Å². The molecule has 0 fully saturated rings. The van der Waals surface area contributed by atoms with Gasteiger partial charge in [0.05, 0.1) is 0 Å². The highest BCUT2D eigenvalue weighted by Gasteiger charge is 2.17. The highest BCUT2D eigenvalue weighted by atomic mass is 16.4. The summed E-state index contributed by atoms with van der Waals surface area (Å²) in [5.74, 6) is -0.794. The largest absolute Gasteiger partial charge is 0.480 e. The lowest BCUT2D eigenvalue weighted by atomic mass is 10.0. The van der Waals surface area contributed by atoms with Crippen molar-refractivity contribution in [3.8, 4) is 0 Å². The monoisotopic (exact) mass is 276 g/mol. The zero-order valence-electron chi connectivity index (χ0n) is 11.8. The molecule has 108 valence electrons. The summed E-state index contributed by atoms with van der Waals surface area (Å²) in [5, 5.41) is 11.6. The Labute approximate surface area is 118 Å². The van der Waals surface area contributed by atoms with Gasteiger partial charge in [-0.1, -0.05) is 38.1 Å². The van der Waals surface area contributed by atoms with Crippen LogP contribution in [0.1, 0.15) is 25.3 Å². The fraction of sp³-hybridized carbons (Fsp3) is 0.333. The van der Waals surface area contributed by atoms with Gasteiger partial charge in [-0.15, -0.1) is 6.58 Å². The molecule has 0 aromatic heterocycles. The van der Waals surface area contributed by atoms with Crippen molar-refractivity contribution < 1.29 is 14.7 Å². The average molecular weight is 276 g/mol. The number of nitrogens with one attached hydrogen (secondary N) is 1. The molecule has 5 nitrogen and oxygen atoms in total. The zero-order chi connectivity index (χ0) is 15.1. The molecule has 0 saturated heterocycles. The fourth-order valence-corrected chi connectivity index (χ4v) is 1.85. The van der Waals surface area contributed by atoms with E-state index in [1.165, 1.54) is 11.0 Å². The molecule has 0 bridgehead atoms. The average Bonchev–Trinajstić information content (AvgIpc) is 2.38. The predicted octanol–water partition coefficient (Wildman–Crippen LogP) is 2.91. The van der Waals surface area contributed by atoms with Crippen LogP contribution in [0.25, 0.3) is 0 Å². The molecule has 0 unspecified atom stereocenters. The van der Waals surface area contributed by atoms with E-state index in [9.17, 15) is 9.59 Å². The third kappa shape index (κ3) is 4.42. The number of carboxylic acid groups (broad SMARTS) is 1. The molecule has 1 aromatic rings. The Morgan fingerprint density at radius 1 is 1.40 bits per heavy atom. The van der Waals surface area contributed by atoms with E-state index in [0.29, 0.717) is 5.69 Å². The molecule has 20 heavy (non-hydrogen) atoms. The number of aliphatic carboxylic acids is 1. The molecule has 0 aliphatic carbocycles. The standard InChI is InChI=1S/C15H20N2O3/c1-4-9-17(10-14(18)19)15(20)16-13-8-6-5-7-12(13)11(2)3/h4-8,11H,1,9-10H2,2-3H3,(H,16,20)(H,18,19). The molecule has 0 heterocycles. The van der Waals surface area contributed by atoms with Gasteiger partial charge in [0.1, 0.15) is 6.54 Å². The number of carbonyl (C=O) groups is 2. The fourth-order valence-electron chi connectivity index (χ4n) is 1.85. The van der Waals surface area contributed by atoms with Crippen LogP contribution in [0.3, 0.4) is 0 Å². The number of carbonyl (C=O) groups excluding carboxylic acids is 1. The summed E-state index contributed by atoms with van der Waals surface area (Å²) in [6.45, 7) is 7.41. The molecular formula is C15H20N2O3. The smallest absolute Gasteiger partial charge is 0.323 e. The summed E-state index contributed by atoms with van der Waals surface area (Å²) in [7, 11) is 0. The highest BCUT2D eigenvalue weighted by Crippen LogP contribution is 2.23. The summed E-state index contributed by atoms with van der Waals surface area (Å²) in [6, 6.07) is 7.04. The van der Waals surface area contributed by atoms with Gasteiger partial charge < -0.3 is 15.3 Å². The minimum Gasteiger partial charge on any atom is -0.480 e. The van der Waals surface area contributed by atoms with E-state index in [1.54, 1.807) is 6.07 Å². The number of hydrogen-bond donors (Lipinski definition) is 2. The molecular weight excluding hydrogens is 256 g/mol. The molecule has 1 aromatic carbocycles. The Kier molecular flexibility index (Phi) is 5.77. The van der Waals surface area contributed by atoms with Gasteiger partial charge in [0.2, 0.25) is 0 Å². The van der Waals surface area contributed by atoms with Gasteiger partial charge in [-0.3, -0.25) is 4.79 Å². The molecule has 0 aliphatic heterocycles. The van der Waals surface area contributed by atoms with Crippen LogP contribution in [-0.2, 0) is 4.79 Å². The van der Waals surface area contributed by atoms with Gasteiger partial charge in [-0.25, -0.2) is 4.79 Å². The van der Waals surface area contributed by atoms with E-state index in [4.69, 9.17) is 5.11 Å². The lowest BCUT2D eigenvalue weighted by Gasteiger charge is -2.21. The van der Waals surface area contributed by atoms with E-state index >= 15 is 0 Å². The molecule has 0 spiro atoms. The molecule has 0 aliphatic rings. The van der Waals surface area contributed by atoms with Crippen molar-refractivity contribution in [1.82, 2.24) is 4.90 Å². The van der Waals surface area contributed by atoms with Crippen LogP contribution < -0.4 is 5.32 Å². The Hall–Kier alpha value is -2.30. The predicted molar refractivity (Wildman–Crippen MR) is 79.0 cm³/mol. The molecule has 5 heteroatoms. The summed E-state index contributed by atoms with van der Waals surface area (Å²) in [5.41, 5.74) is 1.71. The number of benzene rings is 1. The van der Waals surface area contributed by atoms with Gasteiger partial charge >= 0.3 is 12.0 Å². The minimum atomic E-state index is -1.06. The van der Waals surface area contributed by atoms with Crippen molar-refractivity contribution in [2.24, 2.45) is 0 Å². The number of amides is 2. The molecule has 0 atom stereocenters. The SMILES string of the molecule is C=CCN(CC(=O)O)C(=O)Nc1ccccc1C(C)C. The summed E-state index contributed by atoms with van der Waals surface area (Å²) in [4.78, 5) is 24.1. The molecule has 0 radical (unpaired) electrons. The first-order valence-electron chi connectivity index (χ1n) is 6.43. The van der Waals surface area contributed by atoms with Crippen LogP contribution in [0.4, 0.5) is 10.5 Å². The zero-order valence-corrected chi connectivity index (χ0v) is 11.8. The normalized spacial score (nSPS) is 10.2. The molecule has 2 N–H and O–H groups in total. The van der Waals surface area contributed by atoms with Gasteiger partial charge in [0.25, 0.3) is 0 Å². The topological polar surface area (TPSA) is 69.6 Å². The van der Waals surface area contributed by atoms with Crippen LogP contribution in [0.2, 0.25) is 0 Å². The number of anilines is 1. The van der Waals surface area contributed by atoms with Crippen LogP contribution in [0, 0.1) is 0 Å². The second-order valence-corrected chi connectivity index (χ2v) is 4.74. The first kappa shape index (κ1) is 15.8. The quantitative estimate of drug-likeness (QED) is 0.785. The molecule has 2 amide bonds. The van der Waals surface area contributed by atoms with E-state index in [2.05, 4.69) is 11.9 Å². The number of hydrogen-bond acceptors (Lipinski definition) is 2. The summed E-state index contributed by atoms with van der Waals surface area (Å²) < 4.78 is 0. The maximum absolute atomic E-state index is 12.1. The van der Waals surface area contributed by atoms with Gasteiger partial charge in [0, 0.05) is 12.2 Å². The van der Waals surface area contributed by atoms with Crippen LogP contribution in [-0.4, -0.2) is 35.1 Å². The number of urea groups is 1. The molecule has 0 saturated carbocycles. The maximum atomic E-state index is 12.1. The van der Waals surface area contributed by atoms with Crippen molar-refractivity contribution >= 4 is 17.7 Å². The van der Waals surface area contributed by atoms with Gasteiger partial charge in [0.15, 0.2) is 0 Å². The third-order valence-electron chi connectivity index (χ3n) is 2.79. The second kappa shape index (κ2) is 7.33. The van der Waals surface area contributed by atoms with Crippen molar-refractivity contribution in [3.05, 3.63) is 42.5 Å². The summed E-state index contributed by atoms with van der Waals surface area (Å²) in [6.07, 6.45) is 1.50. The lowest BCUT2D eigenvalue weighted by Crippen LogP contribution is -2.39. The van der Waals surface area contributed by atoms with Crippen LogP contribution in [0.5, 0.6) is 0 Å². The van der Waals surface area contributed by atoms with Crippen molar-refractivity contribution in [2.75, 3.05) is 18.4 Å². The lowest BCUT2D eigenvalue weighted by molar-refractivity contribution is -0.137. The Morgan fingerprint density at radius 2 is 2.05 bits per heavy atom. The Balaban J connectivity index is 2.87. The van der Waals surface area contributed by atoms with E-state index in [1.807, 2.05) is 32.0 Å². The van der Waals surface area contributed by atoms with Gasteiger partial charge in [-0.2, -0.15) is 0 Å². The number of rotatable bonds is 6. The first-order valence-corrected chi connectivity index (χ1v) is 6.43. The highest BCUT2D eigenvalue weighted by molar-refractivity contribution is 5.92. The molecule has 1 rings (SSSR count). The minimum absolute atomic E-state index is 0.183. The number of para-hydroxylation sites is 1. The van der Waals surface area contributed by atoms with Crippen molar-refractivity contribution in [1.29, 1.82) is 0 Å². The number of nitrogens with zero attached hydrogens (tertiary/aromatic N) is 1. The van der Waals surface area contributed by atoms with E-state index < -0.39 is 12.0 Å².